The van der Waals surface area contributed by atoms with Crippen LogP contribution in [0.25, 0.3) is 0 Å². The summed E-state index contributed by atoms with van der Waals surface area (Å²) in [6.45, 7) is 4.04. The molecule has 150 valence electrons. The highest BCUT2D eigenvalue weighted by Crippen LogP contribution is 2.19. The van der Waals surface area contributed by atoms with E-state index in [1.165, 1.54) is 26.2 Å². The minimum absolute atomic E-state index is 0.105. The number of nitrogens with one attached hydrogen (secondary N) is 1. The van der Waals surface area contributed by atoms with Crippen molar-refractivity contribution < 1.29 is 23.5 Å². The zero-order valence-corrected chi connectivity index (χ0v) is 16.4. The molecule has 0 aliphatic carbocycles. The molecule has 0 saturated carbocycles. The lowest BCUT2D eigenvalue weighted by atomic mass is 9.96. The van der Waals surface area contributed by atoms with Crippen molar-refractivity contribution in [3.05, 3.63) is 65.5 Å². The molecule has 5 nitrogen and oxygen atoms in total. The van der Waals surface area contributed by atoms with E-state index in [-0.39, 0.29) is 24.0 Å². The molecule has 0 aliphatic rings. The molecule has 0 radical (unpaired) electrons. The van der Waals surface area contributed by atoms with Crippen LogP contribution in [0.3, 0.4) is 0 Å². The zero-order chi connectivity index (χ0) is 20.5. The summed E-state index contributed by atoms with van der Waals surface area (Å²) < 4.78 is 23.7. The van der Waals surface area contributed by atoms with E-state index in [9.17, 15) is 14.0 Å². The third-order valence-electron chi connectivity index (χ3n) is 4.53. The molecule has 0 unspecified atom stereocenters. The molecule has 1 amide bonds. The lowest BCUT2D eigenvalue weighted by Gasteiger charge is -2.18. The molecule has 0 saturated heterocycles. The van der Waals surface area contributed by atoms with E-state index >= 15 is 0 Å². The summed E-state index contributed by atoms with van der Waals surface area (Å²) in [5.41, 5.74) is 1.60. The van der Waals surface area contributed by atoms with Crippen LogP contribution >= 0.6 is 0 Å². The molecule has 0 fully saturated rings. The van der Waals surface area contributed by atoms with E-state index in [4.69, 9.17) is 9.47 Å². The normalized spacial score (nSPS) is 12.7. The van der Waals surface area contributed by atoms with Crippen LogP contribution in [0.4, 0.5) is 4.39 Å². The largest absolute Gasteiger partial charge is 0.494 e. The predicted octanol–water partition coefficient (Wildman–Crippen LogP) is 3.62. The maximum Gasteiger partial charge on any atom is 0.311 e. The van der Waals surface area contributed by atoms with Crippen LogP contribution < -0.4 is 10.1 Å². The van der Waals surface area contributed by atoms with Gasteiger partial charge in [0.1, 0.15) is 0 Å². The molecule has 0 spiro atoms. The summed E-state index contributed by atoms with van der Waals surface area (Å²) in [7, 11) is 1.37. The van der Waals surface area contributed by atoms with Crippen LogP contribution in [0, 0.1) is 5.82 Å². The smallest absolute Gasteiger partial charge is 0.311 e. The fourth-order valence-electron chi connectivity index (χ4n) is 2.87. The van der Waals surface area contributed by atoms with Gasteiger partial charge < -0.3 is 14.8 Å². The molecule has 2 atom stereocenters. The Balaban J connectivity index is 1.84. The number of ether oxygens (including phenoxy) is 2. The molecule has 28 heavy (non-hydrogen) atoms. The first-order chi connectivity index (χ1) is 13.4. The minimum atomic E-state index is -0.927. The van der Waals surface area contributed by atoms with E-state index in [2.05, 4.69) is 12.2 Å². The SMILES string of the molecule is CC[C@H](CNC(=O)[C@@H](C)OC(=O)Cc1ccc(OC)c(F)c1)c1ccccc1. The van der Waals surface area contributed by atoms with Gasteiger partial charge in [-0.3, -0.25) is 9.59 Å². The molecule has 2 rings (SSSR count). The van der Waals surface area contributed by atoms with Gasteiger partial charge in [-0.1, -0.05) is 43.3 Å². The Morgan fingerprint density at radius 1 is 1.14 bits per heavy atom. The second-order valence-corrected chi connectivity index (χ2v) is 6.54. The second-order valence-electron chi connectivity index (χ2n) is 6.54. The van der Waals surface area contributed by atoms with E-state index in [0.717, 1.165) is 12.0 Å². The Hall–Kier alpha value is -2.89. The molecule has 2 aromatic rings. The van der Waals surface area contributed by atoms with Crippen molar-refractivity contribution in [2.24, 2.45) is 0 Å². The molecule has 2 aromatic carbocycles. The number of benzene rings is 2. The van der Waals surface area contributed by atoms with Crippen molar-refractivity contribution in [2.75, 3.05) is 13.7 Å². The lowest BCUT2D eigenvalue weighted by molar-refractivity contribution is -0.154. The number of hydrogen-bond donors (Lipinski definition) is 1. The number of carbonyl (C=O) groups is 2. The standard InChI is InChI=1S/C22H26FNO4/c1-4-17(18-8-6-5-7-9-18)14-24-22(26)15(2)28-21(25)13-16-10-11-20(27-3)19(23)12-16/h5-12,15,17H,4,13-14H2,1-3H3,(H,24,26)/t15-,17-/m1/s1. The molecule has 6 heteroatoms. The van der Waals surface area contributed by atoms with Crippen molar-refractivity contribution in [3.8, 4) is 5.75 Å². The molecular formula is C22H26FNO4. The quantitative estimate of drug-likeness (QED) is 0.668. The fraction of sp³-hybridized carbons (Fsp3) is 0.364. The van der Waals surface area contributed by atoms with Crippen LogP contribution in [0.15, 0.2) is 48.5 Å². The highest BCUT2D eigenvalue weighted by Gasteiger charge is 2.19. The first-order valence-electron chi connectivity index (χ1n) is 9.29. The minimum Gasteiger partial charge on any atom is -0.494 e. The van der Waals surface area contributed by atoms with Gasteiger partial charge in [0.05, 0.1) is 13.5 Å². The number of halogens is 1. The third-order valence-corrected chi connectivity index (χ3v) is 4.53. The number of carbonyl (C=O) groups excluding carboxylic acids is 2. The molecule has 0 aromatic heterocycles. The van der Waals surface area contributed by atoms with E-state index in [1.54, 1.807) is 6.07 Å². The Labute approximate surface area is 164 Å². The van der Waals surface area contributed by atoms with Crippen molar-refractivity contribution in [1.29, 1.82) is 0 Å². The fourth-order valence-corrected chi connectivity index (χ4v) is 2.87. The zero-order valence-electron chi connectivity index (χ0n) is 16.4. The summed E-state index contributed by atoms with van der Waals surface area (Å²) >= 11 is 0. The first kappa shape index (κ1) is 21.4. The molecular weight excluding hydrogens is 361 g/mol. The summed E-state index contributed by atoms with van der Waals surface area (Å²) in [4.78, 5) is 24.3. The van der Waals surface area contributed by atoms with Crippen LogP contribution in [-0.4, -0.2) is 31.6 Å². The Bertz CT molecular complexity index is 794. The van der Waals surface area contributed by atoms with Crippen molar-refractivity contribution in [3.63, 3.8) is 0 Å². The van der Waals surface area contributed by atoms with Crippen molar-refractivity contribution in [2.45, 2.75) is 38.7 Å². The second kappa shape index (κ2) is 10.4. The highest BCUT2D eigenvalue weighted by molar-refractivity contribution is 5.83. The Morgan fingerprint density at radius 2 is 1.86 bits per heavy atom. The monoisotopic (exact) mass is 387 g/mol. The molecule has 1 N–H and O–H groups in total. The number of hydrogen-bond acceptors (Lipinski definition) is 4. The topological polar surface area (TPSA) is 64.6 Å². The number of esters is 1. The Morgan fingerprint density at radius 3 is 2.46 bits per heavy atom. The number of amides is 1. The maximum absolute atomic E-state index is 13.7. The average Bonchev–Trinajstić information content (AvgIpc) is 2.69. The van der Waals surface area contributed by atoms with E-state index < -0.39 is 17.9 Å². The molecule has 0 bridgehead atoms. The lowest BCUT2D eigenvalue weighted by Crippen LogP contribution is -2.38. The first-order valence-corrected chi connectivity index (χ1v) is 9.29. The summed E-state index contributed by atoms with van der Waals surface area (Å²) in [5.74, 6) is -1.21. The van der Waals surface area contributed by atoms with Gasteiger partial charge in [0.2, 0.25) is 0 Å². The average molecular weight is 387 g/mol. The van der Waals surface area contributed by atoms with Gasteiger partial charge in [-0.05, 0) is 36.6 Å². The number of rotatable bonds is 9. The van der Waals surface area contributed by atoms with Crippen LogP contribution in [0.2, 0.25) is 0 Å². The third kappa shape index (κ3) is 6.08. The maximum atomic E-state index is 13.7. The van der Waals surface area contributed by atoms with Gasteiger partial charge in [-0.15, -0.1) is 0 Å². The van der Waals surface area contributed by atoms with Crippen molar-refractivity contribution >= 4 is 11.9 Å². The number of methoxy groups -OCH3 is 1. The summed E-state index contributed by atoms with van der Waals surface area (Å²) in [6.07, 6.45) is -0.175. The summed E-state index contributed by atoms with van der Waals surface area (Å²) in [6, 6.07) is 14.2. The van der Waals surface area contributed by atoms with Crippen LogP contribution in [-0.2, 0) is 20.7 Å². The van der Waals surface area contributed by atoms with Gasteiger partial charge in [0.25, 0.3) is 5.91 Å². The van der Waals surface area contributed by atoms with Crippen LogP contribution in [0.5, 0.6) is 5.75 Å². The van der Waals surface area contributed by atoms with Gasteiger partial charge in [0.15, 0.2) is 17.7 Å². The van der Waals surface area contributed by atoms with Crippen LogP contribution in [0.1, 0.15) is 37.3 Å². The van der Waals surface area contributed by atoms with Crippen molar-refractivity contribution in [1.82, 2.24) is 5.32 Å². The van der Waals surface area contributed by atoms with E-state index in [0.29, 0.717) is 12.1 Å². The predicted molar refractivity (Wildman–Crippen MR) is 105 cm³/mol. The van der Waals surface area contributed by atoms with E-state index in [1.807, 2.05) is 30.3 Å². The molecule has 0 aliphatic heterocycles. The van der Waals surface area contributed by atoms with Gasteiger partial charge >= 0.3 is 5.97 Å². The van der Waals surface area contributed by atoms with Gasteiger partial charge in [-0.2, -0.15) is 0 Å². The highest BCUT2D eigenvalue weighted by atomic mass is 19.1. The summed E-state index contributed by atoms with van der Waals surface area (Å²) in [5, 5.41) is 2.83. The van der Waals surface area contributed by atoms with Gasteiger partial charge in [-0.25, -0.2) is 4.39 Å². The van der Waals surface area contributed by atoms with Gasteiger partial charge in [0, 0.05) is 12.5 Å². The molecule has 0 heterocycles. The Kier molecular flexibility index (Phi) is 7.99.